The molecular weight excluding hydrogens is 314 g/mol. The number of nitrogens with zero attached hydrogens (tertiary/aromatic N) is 4. The van der Waals surface area contributed by atoms with Crippen LogP contribution in [0.25, 0.3) is 11.4 Å². The van der Waals surface area contributed by atoms with Crippen LogP contribution in [-0.2, 0) is 13.6 Å². The van der Waals surface area contributed by atoms with Crippen LogP contribution in [0.3, 0.4) is 0 Å². The molecule has 0 aliphatic carbocycles. The molecule has 2 aromatic heterocycles. The molecule has 0 spiro atoms. The van der Waals surface area contributed by atoms with E-state index in [4.69, 9.17) is 0 Å². The number of rotatable bonds is 4. The predicted octanol–water partition coefficient (Wildman–Crippen LogP) is 3.48. The molecule has 1 N–H and O–H groups in total. The monoisotopic (exact) mass is 337 g/mol. The van der Waals surface area contributed by atoms with Crippen LogP contribution < -0.4 is 5.32 Å². The summed E-state index contributed by atoms with van der Waals surface area (Å²) in [6, 6.07) is 9.60. The Balaban J connectivity index is 1.88. The number of anilines is 1. The second-order valence-electron chi connectivity index (χ2n) is 6.19. The third kappa shape index (κ3) is 3.07. The zero-order valence-corrected chi connectivity index (χ0v) is 15.3. The lowest BCUT2D eigenvalue weighted by Gasteiger charge is -2.08. The third-order valence-corrected chi connectivity index (χ3v) is 4.61. The number of carbonyl (C=O) groups is 1. The van der Waals surface area contributed by atoms with Gasteiger partial charge in [0.05, 0.1) is 5.56 Å². The largest absolute Gasteiger partial charge is 0.349 e. The van der Waals surface area contributed by atoms with Crippen LogP contribution in [0.4, 0.5) is 5.69 Å². The molecule has 6 heteroatoms. The van der Waals surface area contributed by atoms with Crippen molar-refractivity contribution in [3.05, 3.63) is 53.1 Å². The van der Waals surface area contributed by atoms with Gasteiger partial charge in [0, 0.05) is 36.2 Å². The second kappa shape index (κ2) is 6.55. The van der Waals surface area contributed by atoms with Gasteiger partial charge in [0.1, 0.15) is 5.82 Å². The molecule has 25 heavy (non-hydrogen) atoms. The van der Waals surface area contributed by atoms with E-state index in [0.717, 1.165) is 40.8 Å². The van der Waals surface area contributed by atoms with E-state index >= 15 is 0 Å². The van der Waals surface area contributed by atoms with E-state index in [1.54, 1.807) is 0 Å². The Kier molecular flexibility index (Phi) is 4.44. The Hall–Kier alpha value is -2.89. The van der Waals surface area contributed by atoms with E-state index in [1.165, 1.54) is 0 Å². The predicted molar refractivity (Wildman–Crippen MR) is 98.7 cm³/mol. The summed E-state index contributed by atoms with van der Waals surface area (Å²) in [5.41, 5.74) is 4.44. The molecule has 0 aliphatic heterocycles. The summed E-state index contributed by atoms with van der Waals surface area (Å²) in [7, 11) is 1.93. The van der Waals surface area contributed by atoms with Gasteiger partial charge in [0.15, 0.2) is 5.82 Å². The zero-order chi connectivity index (χ0) is 18.1. The van der Waals surface area contributed by atoms with Gasteiger partial charge in [-0.05, 0) is 45.9 Å². The number of carbonyl (C=O) groups excluding carboxylic acids is 1. The van der Waals surface area contributed by atoms with E-state index in [9.17, 15) is 4.79 Å². The molecule has 0 bridgehead atoms. The van der Waals surface area contributed by atoms with Gasteiger partial charge in [-0.3, -0.25) is 4.79 Å². The molecule has 3 aromatic rings. The first-order chi connectivity index (χ1) is 11.9. The van der Waals surface area contributed by atoms with Gasteiger partial charge in [-0.15, -0.1) is 10.2 Å². The Morgan fingerprint density at radius 3 is 2.52 bits per heavy atom. The van der Waals surface area contributed by atoms with E-state index in [2.05, 4.69) is 27.0 Å². The lowest BCUT2D eigenvalue weighted by Crippen LogP contribution is -2.13. The van der Waals surface area contributed by atoms with Crippen LogP contribution in [0, 0.1) is 20.8 Å². The first-order valence-electron chi connectivity index (χ1n) is 8.37. The zero-order valence-electron chi connectivity index (χ0n) is 15.3. The van der Waals surface area contributed by atoms with Crippen LogP contribution >= 0.6 is 0 Å². The van der Waals surface area contributed by atoms with E-state index in [0.29, 0.717) is 5.56 Å². The lowest BCUT2D eigenvalue weighted by molar-refractivity contribution is 0.102. The van der Waals surface area contributed by atoms with Crippen LogP contribution in [0.15, 0.2) is 30.3 Å². The topological polar surface area (TPSA) is 64.7 Å². The van der Waals surface area contributed by atoms with Crippen molar-refractivity contribution in [2.45, 2.75) is 34.2 Å². The van der Waals surface area contributed by atoms with E-state index in [1.807, 2.05) is 62.7 Å². The minimum absolute atomic E-state index is 0.0981. The number of amides is 1. The average Bonchev–Trinajstić information content (AvgIpc) is 3.07. The van der Waals surface area contributed by atoms with Crippen molar-refractivity contribution in [3.63, 3.8) is 0 Å². The fourth-order valence-corrected chi connectivity index (χ4v) is 3.11. The number of benzene rings is 1. The number of hydrogen-bond acceptors (Lipinski definition) is 3. The summed E-state index contributed by atoms with van der Waals surface area (Å²) >= 11 is 0. The molecule has 130 valence electrons. The molecule has 0 atom stereocenters. The Morgan fingerprint density at radius 2 is 1.92 bits per heavy atom. The fourth-order valence-electron chi connectivity index (χ4n) is 3.11. The first-order valence-corrected chi connectivity index (χ1v) is 8.37. The SMILES string of the molecule is CCn1c(C)cc(C(=O)Nc2cccc(-c3nnc(C)n3C)c2)c1C. The van der Waals surface area contributed by atoms with Gasteiger partial charge in [-0.25, -0.2) is 0 Å². The summed E-state index contributed by atoms with van der Waals surface area (Å²) in [6.07, 6.45) is 0. The van der Waals surface area contributed by atoms with Crippen molar-refractivity contribution in [2.24, 2.45) is 7.05 Å². The minimum Gasteiger partial charge on any atom is -0.349 e. The molecule has 0 unspecified atom stereocenters. The molecule has 0 radical (unpaired) electrons. The molecular formula is C19H23N5O. The normalized spacial score (nSPS) is 10.9. The maximum Gasteiger partial charge on any atom is 0.257 e. The molecule has 6 nitrogen and oxygen atoms in total. The second-order valence-corrected chi connectivity index (χ2v) is 6.19. The number of aromatic nitrogens is 4. The van der Waals surface area contributed by atoms with Crippen molar-refractivity contribution < 1.29 is 4.79 Å². The molecule has 0 aliphatic rings. The van der Waals surface area contributed by atoms with Gasteiger partial charge in [0.2, 0.25) is 0 Å². The number of nitrogens with one attached hydrogen (secondary N) is 1. The van der Waals surface area contributed by atoms with Gasteiger partial charge in [0.25, 0.3) is 5.91 Å². The first kappa shape index (κ1) is 17.0. The lowest BCUT2D eigenvalue weighted by atomic mass is 10.1. The van der Waals surface area contributed by atoms with Gasteiger partial charge >= 0.3 is 0 Å². The van der Waals surface area contributed by atoms with Crippen LogP contribution in [0.2, 0.25) is 0 Å². The molecule has 0 saturated heterocycles. The highest BCUT2D eigenvalue weighted by atomic mass is 16.1. The van der Waals surface area contributed by atoms with Crippen molar-refractivity contribution in [2.75, 3.05) is 5.32 Å². The summed E-state index contributed by atoms with van der Waals surface area (Å²) in [5, 5.41) is 11.3. The molecule has 0 fully saturated rings. The quantitative estimate of drug-likeness (QED) is 0.793. The van der Waals surface area contributed by atoms with Gasteiger partial charge in [-0.2, -0.15) is 0 Å². The van der Waals surface area contributed by atoms with Crippen molar-refractivity contribution >= 4 is 11.6 Å². The third-order valence-electron chi connectivity index (χ3n) is 4.61. The van der Waals surface area contributed by atoms with Crippen molar-refractivity contribution in [1.29, 1.82) is 0 Å². The standard InChI is InChI=1S/C19H23N5O/c1-6-24-12(2)10-17(13(24)3)19(25)20-16-9-7-8-15(11-16)18-22-21-14(4)23(18)5/h7-11H,6H2,1-5H3,(H,20,25). The number of aryl methyl sites for hydroxylation is 2. The van der Waals surface area contributed by atoms with Gasteiger partial charge in [-0.1, -0.05) is 12.1 Å². The molecule has 1 amide bonds. The minimum atomic E-state index is -0.0981. The fraction of sp³-hybridized carbons (Fsp3) is 0.316. The van der Waals surface area contributed by atoms with Crippen LogP contribution in [0.1, 0.15) is 34.5 Å². The van der Waals surface area contributed by atoms with Gasteiger partial charge < -0.3 is 14.5 Å². The maximum absolute atomic E-state index is 12.7. The molecule has 3 rings (SSSR count). The van der Waals surface area contributed by atoms with Crippen LogP contribution in [-0.4, -0.2) is 25.2 Å². The smallest absolute Gasteiger partial charge is 0.257 e. The van der Waals surface area contributed by atoms with E-state index in [-0.39, 0.29) is 5.91 Å². The highest BCUT2D eigenvalue weighted by molar-refractivity contribution is 6.05. The average molecular weight is 337 g/mol. The summed E-state index contributed by atoms with van der Waals surface area (Å²) in [4.78, 5) is 12.7. The molecule has 2 heterocycles. The van der Waals surface area contributed by atoms with Crippen LogP contribution in [0.5, 0.6) is 0 Å². The number of hydrogen-bond donors (Lipinski definition) is 1. The summed E-state index contributed by atoms with van der Waals surface area (Å²) < 4.78 is 4.06. The Morgan fingerprint density at radius 1 is 1.16 bits per heavy atom. The molecule has 0 saturated carbocycles. The molecule has 1 aromatic carbocycles. The summed E-state index contributed by atoms with van der Waals surface area (Å²) in [5.74, 6) is 1.52. The highest BCUT2D eigenvalue weighted by Gasteiger charge is 2.16. The Labute approximate surface area is 147 Å². The van der Waals surface area contributed by atoms with Crippen molar-refractivity contribution in [3.8, 4) is 11.4 Å². The highest BCUT2D eigenvalue weighted by Crippen LogP contribution is 2.22. The summed E-state index contributed by atoms with van der Waals surface area (Å²) in [6.45, 7) is 8.83. The Bertz CT molecular complexity index is 935. The maximum atomic E-state index is 12.7. The van der Waals surface area contributed by atoms with E-state index < -0.39 is 0 Å². The van der Waals surface area contributed by atoms with Crippen molar-refractivity contribution in [1.82, 2.24) is 19.3 Å².